The molecule has 6 aliphatic rings. The minimum absolute atomic E-state index is 0. The van der Waals surface area contributed by atoms with E-state index < -0.39 is 174 Å². The summed E-state index contributed by atoms with van der Waals surface area (Å²) in [5.74, 6) is -1.98. The number of likely N-dealkylation sites (N-methyl/N-ethyl adjacent to an activating group) is 2. The molecule has 0 radical (unpaired) electrons. The van der Waals surface area contributed by atoms with Gasteiger partial charge in [0.1, 0.15) is 71.6 Å². The smallest absolute Gasteiger partial charge is 0.394 e. The Hall–Kier alpha value is -2.36. The highest BCUT2D eigenvalue weighted by atomic mass is 32.3. The maximum Gasteiger partial charge on any atom is 0.394 e. The molecule has 0 aromatic carbocycles. The standard InChI is InChI=1S/2C20H39N5O7.4H2O4S.H2O/c2*1-19(28)8-29-20(2,17(27)16(19)25-3)32-15-12(24)6-11(23)14(13(15)26)31-18-10(22)5-4-9(7-21)30-18;4*1-5(2,3)4;/h2*4,10-18,25-28H,5-8,21-24H2,1-3H3;4*(H2,1,2,3,4);1H2. The van der Waals surface area contributed by atoms with Crippen LogP contribution in [0.4, 0.5) is 0 Å². The van der Waals surface area contributed by atoms with Crippen LogP contribution in [0.2, 0.25) is 0 Å². The van der Waals surface area contributed by atoms with Gasteiger partial charge in [-0.3, -0.25) is 36.4 Å². The van der Waals surface area contributed by atoms with Gasteiger partial charge < -0.3 is 131 Å². The van der Waals surface area contributed by atoms with E-state index in [0.717, 1.165) is 0 Å². The number of nitrogens with one attached hydrogen (secondary N) is 2. The number of rotatable bonds is 12. The average Bonchev–Trinajstić information content (AvgIpc) is 2.64. The summed E-state index contributed by atoms with van der Waals surface area (Å²) >= 11 is 0. The molecule has 0 amide bonds. The van der Waals surface area contributed by atoms with Crippen LogP contribution < -0.4 is 56.5 Å². The van der Waals surface area contributed by atoms with Gasteiger partial charge in [0.25, 0.3) is 0 Å². The first-order valence-electron chi connectivity index (χ1n) is 24.8. The Kier molecular flexibility index (Phi) is 32.7. The number of nitrogens with two attached hydrogens (primary N) is 8. The predicted molar refractivity (Wildman–Crippen MR) is 290 cm³/mol. The van der Waals surface area contributed by atoms with Crippen LogP contribution in [0.25, 0.3) is 0 Å². The second kappa shape index (κ2) is 33.6. The van der Waals surface area contributed by atoms with Gasteiger partial charge in [0.15, 0.2) is 11.6 Å². The predicted octanol–water partition coefficient (Wildman–Crippen LogP) is -10.4. The summed E-state index contributed by atoms with van der Waals surface area (Å²) in [6, 6.07) is -4.88. The van der Waals surface area contributed by atoms with Crippen molar-refractivity contribution in [3.05, 3.63) is 23.7 Å². The van der Waals surface area contributed by atoms with E-state index in [-0.39, 0.29) is 44.6 Å². The van der Waals surface area contributed by atoms with Crippen molar-refractivity contribution in [3.63, 3.8) is 0 Å². The zero-order valence-electron chi connectivity index (χ0n) is 46.7. The molecule has 4 heterocycles. The third kappa shape index (κ3) is 28.1. The molecule has 45 heteroatoms. The van der Waals surface area contributed by atoms with E-state index in [1.807, 2.05) is 0 Å². The van der Waals surface area contributed by atoms with E-state index in [1.165, 1.54) is 0 Å². The van der Waals surface area contributed by atoms with Crippen LogP contribution in [-0.4, -0.2) is 279 Å². The molecular formula is C40H88N10O31S4. The highest BCUT2D eigenvalue weighted by Gasteiger charge is 2.58. The average molecular weight is 1330 g/mol. The first kappa shape index (κ1) is 82.6. The summed E-state index contributed by atoms with van der Waals surface area (Å²) in [5.41, 5.74) is 45.9. The van der Waals surface area contributed by atoms with Crippen LogP contribution in [0, 0.1) is 0 Å². The van der Waals surface area contributed by atoms with Crippen LogP contribution in [0.5, 0.6) is 0 Å². The maximum atomic E-state index is 11.1. The molecular weight excluding hydrogens is 1240 g/mol. The van der Waals surface area contributed by atoms with Crippen LogP contribution in [0.3, 0.4) is 0 Å². The molecule has 0 aromatic rings. The Balaban J connectivity index is 0.00000125. The molecule has 4 fully saturated rings. The second-order valence-corrected chi connectivity index (χ2v) is 24.1. The van der Waals surface area contributed by atoms with E-state index in [2.05, 4.69) is 10.6 Å². The summed E-state index contributed by atoms with van der Waals surface area (Å²) in [6.45, 7) is 6.40. The number of aliphatic hydroxyl groups excluding tert-OH is 4. The first-order valence-corrected chi connectivity index (χ1v) is 30.4. The quantitative estimate of drug-likeness (QED) is 0.0807. The molecule has 0 aromatic heterocycles. The van der Waals surface area contributed by atoms with Gasteiger partial charge in [0.2, 0.25) is 12.6 Å². The van der Waals surface area contributed by atoms with Gasteiger partial charge in [-0.2, -0.15) is 33.7 Å². The topological polar surface area (TPSA) is 757 Å². The van der Waals surface area contributed by atoms with Crippen molar-refractivity contribution in [2.24, 2.45) is 45.9 Å². The lowest BCUT2D eigenvalue weighted by Gasteiger charge is -2.52. The molecule has 2 saturated carbocycles. The van der Waals surface area contributed by atoms with Gasteiger partial charge in [-0.25, -0.2) is 0 Å². The van der Waals surface area contributed by atoms with Crippen molar-refractivity contribution in [1.82, 2.24) is 10.6 Å². The van der Waals surface area contributed by atoms with Crippen molar-refractivity contribution < 1.29 is 144 Å². The van der Waals surface area contributed by atoms with Crippen molar-refractivity contribution in [2.75, 3.05) is 40.4 Å². The molecule has 41 nitrogen and oxygen atoms in total. The highest BCUT2D eigenvalue weighted by molar-refractivity contribution is 7.80. The van der Waals surface area contributed by atoms with Crippen LogP contribution in [0.1, 0.15) is 53.4 Å². The largest absolute Gasteiger partial charge is 0.467 e. The number of ether oxygens (including phenoxy) is 8. The maximum absolute atomic E-state index is 11.1. The normalized spacial score (nSPS) is 40.3. The minimum atomic E-state index is -4.67. The van der Waals surface area contributed by atoms with Gasteiger partial charge in [0, 0.05) is 24.2 Å². The van der Waals surface area contributed by atoms with Crippen molar-refractivity contribution in [3.8, 4) is 0 Å². The van der Waals surface area contributed by atoms with Crippen molar-refractivity contribution in [2.45, 2.75) is 186 Å². The first-order chi connectivity index (χ1) is 37.9. The molecule has 0 bridgehead atoms. The molecule has 4 aliphatic heterocycles. The van der Waals surface area contributed by atoms with Gasteiger partial charge >= 0.3 is 41.6 Å². The van der Waals surface area contributed by atoms with E-state index in [4.69, 9.17) is 154 Å². The Labute approximate surface area is 490 Å². The van der Waals surface area contributed by atoms with Crippen LogP contribution >= 0.6 is 0 Å². The second-order valence-electron chi connectivity index (χ2n) is 20.5. The van der Waals surface area contributed by atoms with E-state index >= 15 is 0 Å². The Morgan fingerprint density at radius 1 is 0.506 bits per heavy atom. The molecule has 2 saturated heterocycles. The van der Waals surface area contributed by atoms with Gasteiger partial charge in [0.05, 0.1) is 50.5 Å². The summed E-state index contributed by atoms with van der Waals surface area (Å²) in [5, 5.41) is 70.9. The SMILES string of the molecule is CNC1C(O)C(C)(OC2C(N)CC(N)C(OC3OC(CN)=CCC3N)C2O)OCC1(C)O.CNC1C(O)C(C)(OC2C(N)CC(N)C(OC3OC(CN)=CCC3N)C2O)OCC1(C)O.O.O=S(=O)(O)O.O=S(=O)(O)O.O=S(=O)(O)O.O=S(=O)(O)O. The Morgan fingerprint density at radius 2 is 0.753 bits per heavy atom. The lowest BCUT2D eigenvalue weighted by atomic mass is 9.83. The van der Waals surface area contributed by atoms with Gasteiger partial charge in [-0.15, -0.1) is 0 Å². The molecule has 508 valence electrons. The van der Waals surface area contributed by atoms with E-state index in [0.29, 0.717) is 24.4 Å². The fraction of sp³-hybridized carbons (Fsp3) is 0.900. The summed E-state index contributed by atoms with van der Waals surface area (Å²) in [4.78, 5) is 0. The Morgan fingerprint density at radius 3 is 0.988 bits per heavy atom. The molecule has 34 N–H and O–H groups in total. The fourth-order valence-electron chi connectivity index (χ4n) is 9.29. The van der Waals surface area contributed by atoms with Crippen LogP contribution in [-0.2, 0) is 79.5 Å². The lowest BCUT2D eigenvalue weighted by molar-refractivity contribution is -0.356. The third-order valence-electron chi connectivity index (χ3n) is 13.3. The van der Waals surface area contributed by atoms with E-state index in [9.17, 15) is 30.6 Å². The minimum Gasteiger partial charge on any atom is -0.467 e. The van der Waals surface area contributed by atoms with Crippen molar-refractivity contribution in [1.29, 1.82) is 0 Å². The zero-order valence-corrected chi connectivity index (χ0v) is 50.0. The number of hydrogen-bond donors (Lipinski definition) is 24. The van der Waals surface area contributed by atoms with Gasteiger partial charge in [-0.1, -0.05) is 0 Å². The number of hydrogen-bond acceptors (Lipinski definition) is 32. The summed E-state index contributed by atoms with van der Waals surface area (Å²) in [6.07, 6.45) is -5.19. The van der Waals surface area contributed by atoms with E-state index in [1.54, 1.807) is 53.9 Å². The van der Waals surface area contributed by atoms with Crippen LogP contribution in [0.15, 0.2) is 23.7 Å². The summed E-state index contributed by atoms with van der Waals surface area (Å²) in [7, 11) is -15.4. The van der Waals surface area contributed by atoms with Gasteiger partial charge in [-0.05, 0) is 79.6 Å². The molecule has 22 unspecified atom stereocenters. The molecule has 6 rings (SSSR count). The summed E-state index contributed by atoms with van der Waals surface area (Å²) < 4.78 is 173. The lowest BCUT2D eigenvalue weighted by Crippen LogP contribution is -2.72. The third-order valence-corrected chi connectivity index (χ3v) is 13.3. The zero-order chi connectivity index (χ0) is 65.7. The molecule has 0 spiro atoms. The monoisotopic (exact) mass is 1330 g/mol. The fourth-order valence-corrected chi connectivity index (χ4v) is 9.29. The molecule has 2 aliphatic carbocycles. The Bertz CT molecular complexity index is 2300. The highest BCUT2D eigenvalue weighted by Crippen LogP contribution is 2.38. The van der Waals surface area contributed by atoms with Crippen molar-refractivity contribution >= 4 is 41.6 Å². The molecule has 22 atom stereocenters. The molecule has 85 heavy (non-hydrogen) atoms. The number of aliphatic hydroxyl groups is 6.